The molecule has 0 unspecified atom stereocenters. The maximum Gasteiger partial charge on any atom is 0.0992 e. The number of halogens is 1. The molecule has 0 amide bonds. The molecule has 0 N–H and O–H groups in total. The van der Waals surface area contributed by atoms with E-state index in [-0.39, 0.29) is 0 Å². The van der Waals surface area contributed by atoms with E-state index >= 15 is 0 Å². The Bertz CT molecular complexity index is 620. The van der Waals surface area contributed by atoms with E-state index in [1.165, 1.54) is 0 Å². The van der Waals surface area contributed by atoms with E-state index in [1.54, 1.807) is 12.1 Å². The number of aryl methyl sites for hydroxylation is 1. The molecule has 0 atom stereocenters. The van der Waals surface area contributed by atoms with Crippen molar-refractivity contribution in [2.45, 2.75) is 20.8 Å². The second kappa shape index (κ2) is 4.23. The topological polar surface area (TPSA) is 41.6 Å². The molecule has 0 radical (unpaired) electrons. The van der Waals surface area contributed by atoms with Crippen molar-refractivity contribution in [3.8, 4) is 11.8 Å². The van der Waals surface area contributed by atoms with Gasteiger partial charge in [0.2, 0.25) is 0 Å². The van der Waals surface area contributed by atoms with E-state index in [1.807, 2.05) is 31.5 Å². The average molecular weight is 246 g/mol. The van der Waals surface area contributed by atoms with Gasteiger partial charge >= 0.3 is 0 Å². The molecule has 0 aliphatic carbocycles. The molecule has 2 aromatic rings. The molecule has 0 saturated carbocycles. The highest BCUT2D eigenvalue weighted by molar-refractivity contribution is 6.32. The van der Waals surface area contributed by atoms with Crippen molar-refractivity contribution in [1.29, 1.82) is 5.26 Å². The minimum Gasteiger partial charge on any atom is -0.236 e. The Morgan fingerprint density at radius 1 is 1.29 bits per heavy atom. The minimum absolute atomic E-state index is 0.537. The van der Waals surface area contributed by atoms with Crippen LogP contribution in [0.3, 0.4) is 0 Å². The highest BCUT2D eigenvalue weighted by atomic mass is 35.5. The molecule has 3 nitrogen and oxygen atoms in total. The third-order valence-corrected chi connectivity index (χ3v) is 3.26. The lowest BCUT2D eigenvalue weighted by molar-refractivity contribution is 0.833. The number of benzene rings is 1. The van der Waals surface area contributed by atoms with Crippen LogP contribution < -0.4 is 0 Å². The van der Waals surface area contributed by atoms with Crippen LogP contribution in [0.25, 0.3) is 5.69 Å². The normalized spacial score (nSPS) is 10.3. The molecule has 1 aromatic carbocycles. The Morgan fingerprint density at radius 3 is 2.47 bits per heavy atom. The second-order valence-corrected chi connectivity index (χ2v) is 4.39. The minimum atomic E-state index is 0.537. The molecule has 2 rings (SSSR count). The molecule has 0 saturated heterocycles. The summed E-state index contributed by atoms with van der Waals surface area (Å²) in [5.41, 5.74) is 4.57. The fourth-order valence-corrected chi connectivity index (χ4v) is 1.96. The van der Waals surface area contributed by atoms with Gasteiger partial charge in [0.05, 0.1) is 28.0 Å². The number of rotatable bonds is 1. The van der Waals surface area contributed by atoms with Gasteiger partial charge in [0.1, 0.15) is 0 Å². The maximum absolute atomic E-state index is 8.80. The molecular formula is C13H12ClN3. The Balaban J connectivity index is 2.62. The van der Waals surface area contributed by atoms with Crippen LogP contribution in [0.4, 0.5) is 0 Å². The van der Waals surface area contributed by atoms with Gasteiger partial charge in [0.25, 0.3) is 0 Å². The number of hydrogen-bond acceptors (Lipinski definition) is 2. The summed E-state index contributed by atoms with van der Waals surface area (Å²) in [6, 6.07) is 7.28. The molecule has 0 aliphatic rings. The quantitative estimate of drug-likeness (QED) is 0.773. The van der Waals surface area contributed by atoms with Gasteiger partial charge in [-0.3, -0.25) is 0 Å². The molecule has 0 fully saturated rings. The highest BCUT2D eigenvalue weighted by Gasteiger charge is 2.11. The van der Waals surface area contributed by atoms with E-state index in [2.05, 4.69) is 11.2 Å². The first kappa shape index (κ1) is 11.7. The molecule has 1 heterocycles. The molecule has 4 heteroatoms. The van der Waals surface area contributed by atoms with E-state index in [9.17, 15) is 0 Å². The van der Waals surface area contributed by atoms with Crippen molar-refractivity contribution in [1.82, 2.24) is 9.78 Å². The molecule has 1 aromatic heterocycles. The van der Waals surface area contributed by atoms with Crippen molar-refractivity contribution in [2.24, 2.45) is 0 Å². The van der Waals surface area contributed by atoms with Crippen molar-refractivity contribution in [3.63, 3.8) is 0 Å². The van der Waals surface area contributed by atoms with Crippen LogP contribution in [0.5, 0.6) is 0 Å². The van der Waals surface area contributed by atoms with Crippen LogP contribution in [-0.2, 0) is 0 Å². The van der Waals surface area contributed by atoms with Crippen LogP contribution in [0.1, 0.15) is 22.5 Å². The van der Waals surface area contributed by atoms with Gasteiger partial charge in [0.15, 0.2) is 0 Å². The Kier molecular flexibility index (Phi) is 2.91. The van der Waals surface area contributed by atoms with Crippen LogP contribution >= 0.6 is 11.6 Å². The summed E-state index contributed by atoms with van der Waals surface area (Å²) in [7, 11) is 0. The standard InChI is InChI=1S/C13H12ClN3/c1-8-9(2)16-17(10(8)3)13-5-4-11(7-15)6-12(13)14/h4-6H,1-3H3. The van der Waals surface area contributed by atoms with Gasteiger partial charge in [0, 0.05) is 5.69 Å². The van der Waals surface area contributed by atoms with Crippen LogP contribution in [0.15, 0.2) is 18.2 Å². The summed E-state index contributed by atoms with van der Waals surface area (Å²) >= 11 is 6.16. The first-order valence-electron chi connectivity index (χ1n) is 5.27. The lowest BCUT2D eigenvalue weighted by Crippen LogP contribution is -2.00. The first-order valence-corrected chi connectivity index (χ1v) is 5.65. The molecule has 0 aliphatic heterocycles. The SMILES string of the molecule is Cc1nn(-c2ccc(C#N)cc2Cl)c(C)c1C. The molecule has 86 valence electrons. The molecule has 0 bridgehead atoms. The number of nitriles is 1. The van der Waals surface area contributed by atoms with Crippen molar-refractivity contribution in [2.75, 3.05) is 0 Å². The summed E-state index contributed by atoms with van der Waals surface area (Å²) < 4.78 is 1.81. The molecule has 17 heavy (non-hydrogen) atoms. The Morgan fingerprint density at radius 2 is 2.00 bits per heavy atom. The van der Waals surface area contributed by atoms with E-state index in [4.69, 9.17) is 16.9 Å². The zero-order chi connectivity index (χ0) is 12.6. The van der Waals surface area contributed by atoms with Crippen LogP contribution in [-0.4, -0.2) is 9.78 Å². The smallest absolute Gasteiger partial charge is 0.0992 e. The van der Waals surface area contributed by atoms with Crippen LogP contribution in [0, 0.1) is 32.1 Å². The zero-order valence-electron chi connectivity index (χ0n) is 9.95. The van der Waals surface area contributed by atoms with Gasteiger partial charge < -0.3 is 0 Å². The summed E-state index contributed by atoms with van der Waals surface area (Å²) in [6.07, 6.45) is 0. The van der Waals surface area contributed by atoms with E-state index in [0.717, 1.165) is 22.6 Å². The lowest BCUT2D eigenvalue weighted by Gasteiger charge is -2.07. The summed E-state index contributed by atoms with van der Waals surface area (Å²) in [4.78, 5) is 0. The maximum atomic E-state index is 8.80. The van der Waals surface area contributed by atoms with Crippen molar-refractivity contribution < 1.29 is 0 Å². The zero-order valence-corrected chi connectivity index (χ0v) is 10.7. The van der Waals surface area contributed by atoms with Gasteiger partial charge in [-0.2, -0.15) is 10.4 Å². The van der Waals surface area contributed by atoms with Crippen molar-refractivity contribution in [3.05, 3.63) is 45.7 Å². The Hall–Kier alpha value is -1.79. The summed E-state index contributed by atoms with van der Waals surface area (Å²) in [6.45, 7) is 6.01. The predicted molar refractivity (Wildman–Crippen MR) is 67.5 cm³/mol. The van der Waals surface area contributed by atoms with Crippen molar-refractivity contribution >= 4 is 11.6 Å². The fraction of sp³-hybridized carbons (Fsp3) is 0.231. The summed E-state index contributed by atoms with van der Waals surface area (Å²) in [5, 5.41) is 13.8. The highest BCUT2D eigenvalue weighted by Crippen LogP contribution is 2.24. The van der Waals surface area contributed by atoms with Gasteiger partial charge in [-0.05, 0) is 44.5 Å². The average Bonchev–Trinajstić information content (AvgIpc) is 2.57. The van der Waals surface area contributed by atoms with Gasteiger partial charge in [-0.25, -0.2) is 4.68 Å². The monoisotopic (exact) mass is 245 g/mol. The van der Waals surface area contributed by atoms with Gasteiger partial charge in [-0.15, -0.1) is 0 Å². The fourth-order valence-electron chi connectivity index (χ4n) is 1.70. The third-order valence-electron chi connectivity index (χ3n) is 2.96. The molecule has 0 spiro atoms. The first-order chi connectivity index (χ1) is 8.04. The summed E-state index contributed by atoms with van der Waals surface area (Å²) in [5.74, 6) is 0. The third kappa shape index (κ3) is 1.92. The number of nitrogens with zero attached hydrogens (tertiary/aromatic N) is 3. The lowest BCUT2D eigenvalue weighted by atomic mass is 10.2. The van der Waals surface area contributed by atoms with Crippen LogP contribution in [0.2, 0.25) is 5.02 Å². The number of hydrogen-bond donors (Lipinski definition) is 0. The van der Waals surface area contributed by atoms with Gasteiger partial charge in [-0.1, -0.05) is 11.6 Å². The molecular weight excluding hydrogens is 234 g/mol. The second-order valence-electron chi connectivity index (χ2n) is 3.99. The van der Waals surface area contributed by atoms with E-state index < -0.39 is 0 Å². The predicted octanol–water partition coefficient (Wildman–Crippen LogP) is 3.32. The van der Waals surface area contributed by atoms with E-state index in [0.29, 0.717) is 10.6 Å². The number of aromatic nitrogens is 2. The Labute approximate surface area is 105 Å². The largest absolute Gasteiger partial charge is 0.236 e.